The Morgan fingerprint density at radius 2 is 2.50 bits per heavy atom. The molecule has 1 N–H and O–H groups in total. The van der Waals surface area contributed by atoms with Gasteiger partial charge >= 0.3 is 0 Å². The first-order valence-corrected chi connectivity index (χ1v) is 3.70. The van der Waals surface area contributed by atoms with Gasteiger partial charge in [-0.1, -0.05) is 5.22 Å². The summed E-state index contributed by atoms with van der Waals surface area (Å²) in [7, 11) is 2.14. The molecule has 0 aliphatic carbocycles. The van der Waals surface area contributed by atoms with Gasteiger partial charge in [0, 0.05) is 13.1 Å². The second-order valence-electron chi connectivity index (χ2n) is 3.07. The third-order valence-electron chi connectivity index (χ3n) is 2.21. The maximum Gasteiger partial charge on any atom is 0.0971 e. The van der Waals surface area contributed by atoms with Gasteiger partial charge in [-0.3, -0.25) is 5.43 Å². The summed E-state index contributed by atoms with van der Waals surface area (Å²) in [6.07, 6.45) is 1.15. The third kappa shape index (κ3) is 0.883. The van der Waals surface area contributed by atoms with Crippen LogP contribution in [0.4, 0.5) is 0 Å². The second kappa shape index (κ2) is 2.20. The zero-order valence-corrected chi connectivity index (χ0v) is 6.12. The van der Waals surface area contributed by atoms with Crippen molar-refractivity contribution in [3.8, 4) is 0 Å². The quantitative estimate of drug-likeness (QED) is 0.515. The first-order chi connectivity index (χ1) is 4.86. The lowest BCUT2D eigenvalue weighted by molar-refractivity contribution is 0.226. The minimum absolute atomic E-state index is 0.455. The van der Waals surface area contributed by atoms with Gasteiger partial charge in [0.2, 0.25) is 0 Å². The van der Waals surface area contributed by atoms with E-state index >= 15 is 0 Å². The lowest BCUT2D eigenvalue weighted by Crippen LogP contribution is -2.47. The van der Waals surface area contributed by atoms with Crippen molar-refractivity contribution >= 4 is 0 Å². The minimum Gasteiger partial charge on any atom is -0.304 e. The molecule has 2 rings (SSSR count). The zero-order chi connectivity index (χ0) is 6.97. The fourth-order valence-corrected chi connectivity index (χ4v) is 1.55. The van der Waals surface area contributed by atoms with Gasteiger partial charge in [0.1, 0.15) is 0 Å². The summed E-state index contributed by atoms with van der Waals surface area (Å²) in [5.41, 5.74) is 3.01. The molecular weight excluding hydrogens is 128 g/mol. The zero-order valence-electron chi connectivity index (χ0n) is 6.12. The fraction of sp³-hybridized carbons (Fsp3) is 1.00. The monoisotopic (exact) mass is 140 g/mol. The summed E-state index contributed by atoms with van der Waals surface area (Å²) >= 11 is 0. The number of rotatable bonds is 0. The molecule has 2 unspecified atom stereocenters. The summed E-state index contributed by atoms with van der Waals surface area (Å²) in [4.78, 5) is 2.31. The molecule has 2 aliphatic rings. The normalized spacial score (nSPS) is 39.3. The molecule has 0 aromatic heterocycles. The molecule has 10 heavy (non-hydrogen) atoms. The molecular formula is C6H12N4. The number of hydrogen-bond donors (Lipinski definition) is 1. The smallest absolute Gasteiger partial charge is 0.0971 e. The largest absolute Gasteiger partial charge is 0.304 e. The van der Waals surface area contributed by atoms with Gasteiger partial charge in [-0.15, -0.1) is 0 Å². The van der Waals surface area contributed by atoms with Crippen LogP contribution in [-0.4, -0.2) is 37.1 Å². The van der Waals surface area contributed by atoms with Crippen molar-refractivity contribution in [2.45, 2.75) is 18.5 Å². The molecule has 0 aromatic carbocycles. The van der Waals surface area contributed by atoms with Gasteiger partial charge in [-0.2, -0.15) is 5.11 Å². The Morgan fingerprint density at radius 3 is 3.40 bits per heavy atom. The van der Waals surface area contributed by atoms with E-state index in [1.165, 1.54) is 0 Å². The van der Waals surface area contributed by atoms with Crippen LogP contribution in [0, 0.1) is 0 Å². The summed E-state index contributed by atoms with van der Waals surface area (Å²) in [6.45, 7) is 2.24. The van der Waals surface area contributed by atoms with Gasteiger partial charge in [-0.05, 0) is 13.5 Å². The number of nitrogens with one attached hydrogen (secondary N) is 1. The summed E-state index contributed by atoms with van der Waals surface area (Å²) < 4.78 is 0. The van der Waals surface area contributed by atoms with E-state index in [1.807, 2.05) is 0 Å². The molecule has 0 spiro atoms. The van der Waals surface area contributed by atoms with E-state index in [9.17, 15) is 0 Å². The van der Waals surface area contributed by atoms with Crippen LogP contribution in [0.1, 0.15) is 6.42 Å². The number of fused-ring (bicyclic) bond motifs is 1. The van der Waals surface area contributed by atoms with E-state index in [0.717, 1.165) is 19.5 Å². The highest BCUT2D eigenvalue weighted by atomic mass is 15.5. The summed E-state index contributed by atoms with van der Waals surface area (Å²) in [5, 5.41) is 7.89. The molecule has 56 valence electrons. The number of hydrogen-bond acceptors (Lipinski definition) is 4. The standard InChI is InChI=1S/C6H12N4/c1-10-3-2-5-6(4-10)8-9-7-5/h5-6H,2-4H2,1H3,(H,7,8). The van der Waals surface area contributed by atoms with Crippen LogP contribution in [0.3, 0.4) is 0 Å². The van der Waals surface area contributed by atoms with Crippen molar-refractivity contribution in [1.82, 2.24) is 10.3 Å². The summed E-state index contributed by atoms with van der Waals surface area (Å²) in [5.74, 6) is 0. The predicted molar refractivity (Wildman–Crippen MR) is 37.7 cm³/mol. The van der Waals surface area contributed by atoms with Gasteiger partial charge in [0.25, 0.3) is 0 Å². The molecule has 2 atom stereocenters. The van der Waals surface area contributed by atoms with Crippen molar-refractivity contribution in [3.05, 3.63) is 0 Å². The minimum atomic E-state index is 0.455. The molecule has 2 aliphatic heterocycles. The van der Waals surface area contributed by atoms with Crippen LogP contribution >= 0.6 is 0 Å². The van der Waals surface area contributed by atoms with Crippen LogP contribution in [0.25, 0.3) is 0 Å². The molecule has 4 heteroatoms. The Bertz CT molecular complexity index is 156. The number of likely N-dealkylation sites (N-methyl/N-ethyl adjacent to an activating group) is 1. The van der Waals surface area contributed by atoms with Crippen molar-refractivity contribution in [3.63, 3.8) is 0 Å². The molecule has 0 amide bonds. The lowest BCUT2D eigenvalue weighted by atomic mass is 10.0. The van der Waals surface area contributed by atoms with Gasteiger partial charge in [0.15, 0.2) is 0 Å². The Labute approximate surface area is 60.3 Å². The van der Waals surface area contributed by atoms with E-state index in [-0.39, 0.29) is 0 Å². The van der Waals surface area contributed by atoms with Crippen LogP contribution in [0.15, 0.2) is 10.3 Å². The van der Waals surface area contributed by atoms with E-state index in [2.05, 4.69) is 27.7 Å². The van der Waals surface area contributed by atoms with Crippen LogP contribution in [0.2, 0.25) is 0 Å². The maximum absolute atomic E-state index is 4.08. The molecule has 2 heterocycles. The Kier molecular flexibility index (Phi) is 1.34. The fourth-order valence-electron chi connectivity index (χ4n) is 1.55. The van der Waals surface area contributed by atoms with E-state index in [1.54, 1.807) is 0 Å². The topological polar surface area (TPSA) is 40.0 Å². The Hall–Kier alpha value is -0.640. The highest BCUT2D eigenvalue weighted by molar-refractivity contribution is 4.90. The van der Waals surface area contributed by atoms with Gasteiger partial charge in [-0.25, -0.2) is 0 Å². The molecule has 0 bridgehead atoms. The summed E-state index contributed by atoms with van der Waals surface area (Å²) in [6, 6.07) is 0.940. The highest BCUT2D eigenvalue weighted by Crippen LogP contribution is 2.16. The molecule has 0 saturated carbocycles. The van der Waals surface area contributed by atoms with E-state index in [4.69, 9.17) is 0 Å². The van der Waals surface area contributed by atoms with Crippen molar-refractivity contribution in [1.29, 1.82) is 0 Å². The molecule has 1 saturated heterocycles. The Balaban J connectivity index is 2.01. The van der Waals surface area contributed by atoms with Crippen LogP contribution < -0.4 is 5.43 Å². The van der Waals surface area contributed by atoms with Gasteiger partial charge in [0.05, 0.1) is 12.1 Å². The van der Waals surface area contributed by atoms with Gasteiger partial charge < -0.3 is 4.90 Å². The average molecular weight is 140 g/mol. The van der Waals surface area contributed by atoms with Crippen molar-refractivity contribution in [2.75, 3.05) is 20.1 Å². The number of piperidine rings is 1. The second-order valence-corrected chi connectivity index (χ2v) is 3.07. The van der Waals surface area contributed by atoms with Crippen molar-refractivity contribution in [2.24, 2.45) is 10.3 Å². The van der Waals surface area contributed by atoms with Crippen LogP contribution in [-0.2, 0) is 0 Å². The highest BCUT2D eigenvalue weighted by Gasteiger charge is 2.30. The number of nitrogens with zero attached hydrogens (tertiary/aromatic N) is 3. The van der Waals surface area contributed by atoms with E-state index in [0.29, 0.717) is 12.1 Å². The Morgan fingerprint density at radius 1 is 1.60 bits per heavy atom. The van der Waals surface area contributed by atoms with E-state index < -0.39 is 0 Å². The first kappa shape index (κ1) is 6.09. The molecule has 4 nitrogen and oxygen atoms in total. The molecule has 1 fully saturated rings. The maximum atomic E-state index is 4.08. The lowest BCUT2D eigenvalue weighted by Gasteiger charge is -2.29. The number of likely N-dealkylation sites (tertiary alicyclic amines) is 1. The molecule has 0 radical (unpaired) electrons. The predicted octanol–water partition coefficient (Wildman–Crippen LogP) is 0.0295. The molecule has 0 aromatic rings. The van der Waals surface area contributed by atoms with Crippen LogP contribution in [0.5, 0.6) is 0 Å². The SMILES string of the molecule is CN1CCC2N=NNC2C1. The first-order valence-electron chi connectivity index (χ1n) is 3.70. The average Bonchev–Trinajstić information content (AvgIpc) is 2.33. The third-order valence-corrected chi connectivity index (χ3v) is 2.21. The van der Waals surface area contributed by atoms with Crippen molar-refractivity contribution < 1.29 is 0 Å².